The number of hydrogen-bond donors (Lipinski definition) is 0. The molecular formula is C13H18N2O3. The maximum Gasteiger partial charge on any atom is 0.345 e. The quantitative estimate of drug-likeness (QED) is 0.745. The van der Waals surface area contributed by atoms with Crippen molar-refractivity contribution in [2.24, 2.45) is 0 Å². The van der Waals surface area contributed by atoms with Crippen LogP contribution in [0.2, 0.25) is 0 Å². The molecule has 0 radical (unpaired) electrons. The molecule has 0 bridgehead atoms. The smallest absolute Gasteiger partial charge is 0.345 e. The Balaban J connectivity index is 2.43. The number of aromatic nitrogens is 1. The fourth-order valence-corrected chi connectivity index (χ4v) is 2.09. The molecular weight excluding hydrogens is 232 g/mol. The van der Waals surface area contributed by atoms with Gasteiger partial charge >= 0.3 is 5.97 Å². The zero-order valence-electron chi connectivity index (χ0n) is 11.2. The summed E-state index contributed by atoms with van der Waals surface area (Å²) in [6, 6.07) is 1.80. The molecule has 0 fully saturated rings. The van der Waals surface area contributed by atoms with Crippen LogP contribution in [0.15, 0.2) is 17.1 Å². The number of rotatable bonds is 3. The molecule has 0 saturated carbocycles. The highest BCUT2D eigenvalue weighted by Crippen LogP contribution is 2.33. The zero-order valence-corrected chi connectivity index (χ0v) is 11.2. The van der Waals surface area contributed by atoms with Gasteiger partial charge < -0.3 is 14.2 Å². The average Bonchev–Trinajstić information content (AvgIpc) is 2.48. The minimum absolute atomic E-state index is 0.182. The van der Waals surface area contributed by atoms with Crippen molar-refractivity contribution in [2.45, 2.75) is 26.0 Å². The van der Waals surface area contributed by atoms with E-state index in [1.807, 2.05) is 19.0 Å². The predicted molar refractivity (Wildman–Crippen MR) is 67.7 cm³/mol. The van der Waals surface area contributed by atoms with Gasteiger partial charge in [0.1, 0.15) is 11.2 Å². The number of carbonyl (C=O) groups excluding carboxylic acids is 1. The molecule has 0 spiro atoms. The van der Waals surface area contributed by atoms with Crippen LogP contribution in [0.25, 0.3) is 0 Å². The van der Waals surface area contributed by atoms with Gasteiger partial charge in [-0.25, -0.2) is 4.79 Å². The lowest BCUT2D eigenvalue weighted by atomic mass is 9.98. The second-order valence-corrected chi connectivity index (χ2v) is 5.31. The van der Waals surface area contributed by atoms with E-state index in [0.29, 0.717) is 12.1 Å². The summed E-state index contributed by atoms with van der Waals surface area (Å²) in [5, 5.41) is 0. The number of ether oxygens (including phenoxy) is 1. The molecule has 0 saturated heterocycles. The molecule has 1 aliphatic heterocycles. The van der Waals surface area contributed by atoms with Gasteiger partial charge in [-0.3, -0.25) is 4.79 Å². The highest BCUT2D eigenvalue weighted by atomic mass is 16.6. The van der Waals surface area contributed by atoms with Gasteiger partial charge in [0.15, 0.2) is 0 Å². The first-order chi connectivity index (χ1) is 8.33. The van der Waals surface area contributed by atoms with Crippen LogP contribution in [0.3, 0.4) is 0 Å². The molecule has 2 heterocycles. The Labute approximate surface area is 106 Å². The standard InChI is InChI=1S/C13H18N2O3/c1-13(2)9-5-6-15(8-7-14(3)4)11(16)10(9)12(17)18-13/h5-6H,7-8H2,1-4H3. The fourth-order valence-electron chi connectivity index (χ4n) is 2.09. The Kier molecular flexibility index (Phi) is 3.02. The van der Waals surface area contributed by atoms with Crippen LogP contribution >= 0.6 is 0 Å². The lowest BCUT2D eigenvalue weighted by molar-refractivity contribution is 0.00949. The average molecular weight is 250 g/mol. The largest absolute Gasteiger partial charge is 0.451 e. The van der Waals surface area contributed by atoms with Crippen molar-refractivity contribution in [2.75, 3.05) is 20.6 Å². The molecule has 1 aliphatic rings. The minimum Gasteiger partial charge on any atom is -0.451 e. The van der Waals surface area contributed by atoms with E-state index in [-0.39, 0.29) is 11.1 Å². The normalized spacial score (nSPS) is 16.8. The molecule has 0 aliphatic carbocycles. The molecule has 1 aromatic rings. The van der Waals surface area contributed by atoms with Crippen molar-refractivity contribution in [3.05, 3.63) is 33.7 Å². The topological polar surface area (TPSA) is 51.5 Å². The maximum atomic E-state index is 12.2. The molecule has 98 valence electrons. The molecule has 0 N–H and O–H groups in total. The highest BCUT2D eigenvalue weighted by Gasteiger charge is 2.40. The Hall–Kier alpha value is -1.62. The van der Waals surface area contributed by atoms with Gasteiger partial charge in [0.25, 0.3) is 5.56 Å². The highest BCUT2D eigenvalue weighted by molar-refractivity contribution is 5.94. The van der Waals surface area contributed by atoms with Gasteiger partial charge in [0.05, 0.1) is 0 Å². The molecule has 0 aromatic carbocycles. The molecule has 0 amide bonds. The molecule has 0 unspecified atom stereocenters. The number of hydrogen-bond acceptors (Lipinski definition) is 4. The molecule has 1 aromatic heterocycles. The third-order valence-corrected chi connectivity index (χ3v) is 3.15. The number of pyridine rings is 1. The summed E-state index contributed by atoms with van der Waals surface area (Å²) in [6.45, 7) is 4.89. The summed E-state index contributed by atoms with van der Waals surface area (Å²) in [6.07, 6.45) is 1.73. The number of nitrogens with zero attached hydrogens (tertiary/aromatic N) is 2. The van der Waals surface area contributed by atoms with Crippen LogP contribution in [0, 0.1) is 0 Å². The van der Waals surface area contributed by atoms with Gasteiger partial charge in [-0.05, 0) is 34.0 Å². The fraction of sp³-hybridized carbons (Fsp3) is 0.538. The SMILES string of the molecule is CN(C)CCn1ccc2c(c1=O)C(=O)OC2(C)C. The first kappa shape index (κ1) is 12.8. The Bertz CT molecular complexity index is 544. The third kappa shape index (κ3) is 2.06. The molecule has 5 heteroatoms. The van der Waals surface area contributed by atoms with Crippen LogP contribution in [0.5, 0.6) is 0 Å². The van der Waals surface area contributed by atoms with E-state index in [1.165, 1.54) is 0 Å². The summed E-state index contributed by atoms with van der Waals surface area (Å²) in [4.78, 5) is 25.9. The maximum absolute atomic E-state index is 12.2. The Morgan fingerprint density at radius 3 is 2.61 bits per heavy atom. The zero-order chi connectivity index (χ0) is 13.5. The van der Waals surface area contributed by atoms with Crippen molar-refractivity contribution in [1.82, 2.24) is 9.47 Å². The number of fused-ring (bicyclic) bond motifs is 1. The molecule has 2 rings (SSSR count). The van der Waals surface area contributed by atoms with Crippen molar-refractivity contribution >= 4 is 5.97 Å². The molecule has 0 atom stereocenters. The molecule has 5 nitrogen and oxygen atoms in total. The lowest BCUT2D eigenvalue weighted by Gasteiger charge is -2.17. The Morgan fingerprint density at radius 1 is 1.33 bits per heavy atom. The van der Waals surface area contributed by atoms with Crippen molar-refractivity contribution in [3.8, 4) is 0 Å². The van der Waals surface area contributed by atoms with Crippen molar-refractivity contribution in [1.29, 1.82) is 0 Å². The monoisotopic (exact) mass is 250 g/mol. The number of cyclic esters (lactones) is 1. The number of likely N-dealkylation sites (N-methyl/N-ethyl adjacent to an activating group) is 1. The summed E-state index contributed by atoms with van der Waals surface area (Å²) in [5.74, 6) is -0.515. The first-order valence-electron chi connectivity index (χ1n) is 5.95. The predicted octanol–water partition coefficient (Wildman–Crippen LogP) is 0.815. The second-order valence-electron chi connectivity index (χ2n) is 5.31. The first-order valence-corrected chi connectivity index (χ1v) is 5.95. The van der Waals surface area contributed by atoms with E-state index < -0.39 is 11.6 Å². The van der Waals surface area contributed by atoms with Crippen LogP contribution in [-0.4, -0.2) is 36.1 Å². The van der Waals surface area contributed by atoms with E-state index in [9.17, 15) is 9.59 Å². The van der Waals surface area contributed by atoms with E-state index in [0.717, 1.165) is 6.54 Å². The van der Waals surface area contributed by atoms with Crippen molar-refractivity contribution in [3.63, 3.8) is 0 Å². The number of carbonyl (C=O) groups is 1. The minimum atomic E-state index is -0.702. The summed E-state index contributed by atoms with van der Waals surface area (Å²) in [5.41, 5.74) is -0.101. The van der Waals surface area contributed by atoms with Crippen LogP contribution in [0.4, 0.5) is 0 Å². The van der Waals surface area contributed by atoms with E-state index in [1.54, 1.807) is 30.7 Å². The summed E-state index contributed by atoms with van der Waals surface area (Å²) in [7, 11) is 3.88. The van der Waals surface area contributed by atoms with Gasteiger partial charge in [0, 0.05) is 24.8 Å². The second kappa shape index (κ2) is 4.24. The van der Waals surface area contributed by atoms with Crippen LogP contribution in [0.1, 0.15) is 29.8 Å². The lowest BCUT2D eigenvalue weighted by Crippen LogP contribution is -2.29. The van der Waals surface area contributed by atoms with Gasteiger partial charge in [-0.2, -0.15) is 0 Å². The Morgan fingerprint density at radius 2 is 2.00 bits per heavy atom. The van der Waals surface area contributed by atoms with E-state index >= 15 is 0 Å². The summed E-state index contributed by atoms with van der Waals surface area (Å²) < 4.78 is 6.77. The van der Waals surface area contributed by atoms with Crippen LogP contribution in [-0.2, 0) is 16.9 Å². The van der Waals surface area contributed by atoms with E-state index in [4.69, 9.17) is 4.74 Å². The number of esters is 1. The molecule has 18 heavy (non-hydrogen) atoms. The van der Waals surface area contributed by atoms with Gasteiger partial charge in [-0.15, -0.1) is 0 Å². The van der Waals surface area contributed by atoms with E-state index in [2.05, 4.69) is 0 Å². The van der Waals surface area contributed by atoms with Gasteiger partial charge in [0.2, 0.25) is 0 Å². The summed E-state index contributed by atoms with van der Waals surface area (Å²) >= 11 is 0. The van der Waals surface area contributed by atoms with Crippen molar-refractivity contribution < 1.29 is 9.53 Å². The third-order valence-electron chi connectivity index (χ3n) is 3.15. The van der Waals surface area contributed by atoms with Gasteiger partial charge in [-0.1, -0.05) is 0 Å². The van der Waals surface area contributed by atoms with Crippen LogP contribution < -0.4 is 5.56 Å².